The number of nitrogens with zero attached hydrogens (tertiary/aromatic N) is 1. The van der Waals surface area contributed by atoms with Gasteiger partial charge in [0.2, 0.25) is 0 Å². The number of ether oxygens (including phenoxy) is 1. The summed E-state index contributed by atoms with van der Waals surface area (Å²) in [6.07, 6.45) is 1.23. The molecule has 1 saturated heterocycles. The molecule has 1 fully saturated rings. The largest absolute Gasteiger partial charge is 0.467 e. The lowest BCUT2D eigenvalue weighted by molar-refractivity contribution is 0.207. The molecule has 1 aliphatic rings. The second kappa shape index (κ2) is 2.96. The third-order valence-electron chi connectivity index (χ3n) is 1.20. The molecule has 9 heavy (non-hydrogen) atoms. The van der Waals surface area contributed by atoms with E-state index in [-0.39, 0.29) is 6.10 Å². The van der Waals surface area contributed by atoms with Crippen LogP contribution in [-0.4, -0.2) is 22.3 Å². The monoisotopic (exact) mass is 147 g/mol. The molecule has 0 amide bonds. The minimum atomic E-state index is 0.251. The Balaban J connectivity index is 2.38. The van der Waals surface area contributed by atoms with E-state index in [1.165, 1.54) is 11.8 Å². The molecule has 0 spiro atoms. The van der Waals surface area contributed by atoms with Crippen LogP contribution >= 0.6 is 11.8 Å². The zero-order chi connectivity index (χ0) is 6.69. The number of hydrogen-bond donors (Lipinski definition) is 1. The van der Waals surface area contributed by atoms with Crippen LogP contribution in [0, 0.1) is 0 Å². The Morgan fingerprint density at radius 2 is 2.78 bits per heavy atom. The van der Waals surface area contributed by atoms with Crippen LogP contribution in [-0.2, 0) is 4.74 Å². The SMILES string of the molecule is CCC1CS/C(=N/O)O1. The lowest BCUT2D eigenvalue weighted by atomic mass is 10.3. The van der Waals surface area contributed by atoms with E-state index in [1.54, 1.807) is 0 Å². The van der Waals surface area contributed by atoms with Crippen molar-refractivity contribution in [3.8, 4) is 0 Å². The molecular weight excluding hydrogens is 138 g/mol. The highest BCUT2D eigenvalue weighted by molar-refractivity contribution is 8.13. The third-order valence-corrected chi connectivity index (χ3v) is 2.16. The van der Waals surface area contributed by atoms with Crippen LogP contribution in [0.2, 0.25) is 0 Å². The van der Waals surface area contributed by atoms with Crippen molar-refractivity contribution >= 4 is 17.0 Å². The first-order valence-electron chi connectivity index (χ1n) is 2.88. The molecule has 0 bridgehead atoms. The van der Waals surface area contributed by atoms with Crippen LogP contribution in [0.1, 0.15) is 13.3 Å². The second-order valence-corrected chi connectivity index (χ2v) is 2.80. The summed E-state index contributed by atoms with van der Waals surface area (Å²) in [5.74, 6) is 0.913. The van der Waals surface area contributed by atoms with Crippen LogP contribution in [0.5, 0.6) is 0 Å². The Hall–Kier alpha value is -0.380. The topological polar surface area (TPSA) is 41.8 Å². The highest BCUT2D eigenvalue weighted by Crippen LogP contribution is 2.21. The zero-order valence-corrected chi connectivity index (χ0v) is 6.02. The standard InChI is InChI=1S/C5H9NO2S/c1-2-4-3-9-5(6-7)8-4/h4,7H,2-3H2,1H3/b6-5+. The van der Waals surface area contributed by atoms with Gasteiger partial charge in [0.25, 0.3) is 5.23 Å². The van der Waals surface area contributed by atoms with E-state index in [2.05, 4.69) is 5.16 Å². The van der Waals surface area contributed by atoms with E-state index in [9.17, 15) is 0 Å². The average Bonchev–Trinajstić information content (AvgIpc) is 2.34. The summed E-state index contributed by atoms with van der Waals surface area (Å²) >= 11 is 1.45. The Morgan fingerprint density at radius 3 is 3.11 bits per heavy atom. The van der Waals surface area contributed by atoms with Crippen LogP contribution in [0.3, 0.4) is 0 Å². The summed E-state index contributed by atoms with van der Waals surface area (Å²) < 4.78 is 5.12. The lowest BCUT2D eigenvalue weighted by Crippen LogP contribution is -2.06. The van der Waals surface area contributed by atoms with Gasteiger partial charge in [0, 0.05) is 5.75 Å². The summed E-state index contributed by atoms with van der Waals surface area (Å²) in [5, 5.41) is 11.6. The summed E-state index contributed by atoms with van der Waals surface area (Å²) in [6.45, 7) is 2.05. The number of oxime groups is 1. The maximum Gasteiger partial charge on any atom is 0.286 e. The number of thioether (sulfide) groups is 1. The van der Waals surface area contributed by atoms with Gasteiger partial charge in [-0.05, 0) is 11.6 Å². The molecule has 0 radical (unpaired) electrons. The first kappa shape index (κ1) is 6.74. The van der Waals surface area contributed by atoms with E-state index in [4.69, 9.17) is 9.94 Å². The molecule has 0 aromatic heterocycles. The van der Waals surface area contributed by atoms with Gasteiger partial charge in [-0.2, -0.15) is 0 Å². The van der Waals surface area contributed by atoms with Gasteiger partial charge in [0.1, 0.15) is 6.10 Å². The molecule has 4 heteroatoms. The molecule has 52 valence electrons. The second-order valence-electron chi connectivity index (χ2n) is 1.83. The molecule has 0 saturated carbocycles. The molecule has 0 aromatic carbocycles. The highest BCUT2D eigenvalue weighted by Gasteiger charge is 2.20. The zero-order valence-electron chi connectivity index (χ0n) is 5.20. The van der Waals surface area contributed by atoms with E-state index >= 15 is 0 Å². The summed E-state index contributed by atoms with van der Waals surface area (Å²) in [6, 6.07) is 0. The predicted molar refractivity (Wildman–Crippen MR) is 36.8 cm³/mol. The number of hydrogen-bond acceptors (Lipinski definition) is 4. The quantitative estimate of drug-likeness (QED) is 0.448. The fourth-order valence-electron chi connectivity index (χ4n) is 0.628. The first-order valence-corrected chi connectivity index (χ1v) is 3.87. The van der Waals surface area contributed by atoms with E-state index in [1.807, 2.05) is 6.92 Å². The molecule has 1 unspecified atom stereocenters. The van der Waals surface area contributed by atoms with Crippen molar-refractivity contribution in [2.45, 2.75) is 19.4 Å². The minimum Gasteiger partial charge on any atom is -0.467 e. The van der Waals surface area contributed by atoms with E-state index in [0.29, 0.717) is 5.23 Å². The Labute approximate surface area is 58.1 Å². The van der Waals surface area contributed by atoms with Gasteiger partial charge >= 0.3 is 0 Å². The molecule has 0 aromatic rings. The number of rotatable bonds is 1. The molecule has 1 heterocycles. The third kappa shape index (κ3) is 1.51. The Morgan fingerprint density at radius 1 is 2.00 bits per heavy atom. The molecule has 1 rings (SSSR count). The molecule has 1 aliphatic heterocycles. The maximum atomic E-state index is 8.22. The van der Waals surface area contributed by atoms with Crippen molar-refractivity contribution in [1.82, 2.24) is 0 Å². The van der Waals surface area contributed by atoms with Crippen molar-refractivity contribution < 1.29 is 9.94 Å². The van der Waals surface area contributed by atoms with Gasteiger partial charge in [0.05, 0.1) is 0 Å². The van der Waals surface area contributed by atoms with Crippen LogP contribution < -0.4 is 0 Å². The van der Waals surface area contributed by atoms with Crippen LogP contribution in [0.25, 0.3) is 0 Å². The Kier molecular flexibility index (Phi) is 2.22. The summed E-state index contributed by atoms with van der Waals surface area (Å²) in [5.41, 5.74) is 0. The first-order chi connectivity index (χ1) is 4.36. The predicted octanol–water partition coefficient (Wildman–Crippen LogP) is 1.27. The Bertz CT molecular complexity index is 126. The maximum absolute atomic E-state index is 8.22. The van der Waals surface area contributed by atoms with Gasteiger partial charge in [-0.1, -0.05) is 18.7 Å². The van der Waals surface area contributed by atoms with E-state index < -0.39 is 0 Å². The van der Waals surface area contributed by atoms with Gasteiger partial charge in [-0.25, -0.2) is 0 Å². The van der Waals surface area contributed by atoms with Crippen LogP contribution in [0.4, 0.5) is 0 Å². The van der Waals surface area contributed by atoms with Crippen LogP contribution in [0.15, 0.2) is 5.16 Å². The summed E-state index contributed by atoms with van der Waals surface area (Å²) in [7, 11) is 0. The normalized spacial score (nSPS) is 30.8. The smallest absolute Gasteiger partial charge is 0.286 e. The van der Waals surface area contributed by atoms with Crippen molar-refractivity contribution in [2.75, 3.05) is 5.75 Å². The van der Waals surface area contributed by atoms with Gasteiger partial charge in [0.15, 0.2) is 0 Å². The van der Waals surface area contributed by atoms with Crippen molar-refractivity contribution in [3.05, 3.63) is 0 Å². The van der Waals surface area contributed by atoms with Gasteiger partial charge in [-0.3, -0.25) is 0 Å². The fraction of sp³-hybridized carbons (Fsp3) is 0.800. The van der Waals surface area contributed by atoms with Crippen molar-refractivity contribution in [3.63, 3.8) is 0 Å². The lowest BCUT2D eigenvalue weighted by Gasteiger charge is -2.02. The molecule has 3 nitrogen and oxygen atoms in total. The molecule has 0 aliphatic carbocycles. The highest BCUT2D eigenvalue weighted by atomic mass is 32.2. The molecule has 1 N–H and O–H groups in total. The fourth-order valence-corrected chi connectivity index (χ4v) is 1.52. The summed E-state index contributed by atoms with van der Waals surface area (Å²) in [4.78, 5) is 0. The molecule has 1 atom stereocenters. The van der Waals surface area contributed by atoms with Gasteiger partial charge < -0.3 is 9.94 Å². The van der Waals surface area contributed by atoms with Crippen molar-refractivity contribution in [1.29, 1.82) is 0 Å². The minimum absolute atomic E-state index is 0.251. The van der Waals surface area contributed by atoms with Gasteiger partial charge in [-0.15, -0.1) is 0 Å². The average molecular weight is 147 g/mol. The molecular formula is C5H9NO2S. The van der Waals surface area contributed by atoms with Crippen molar-refractivity contribution in [2.24, 2.45) is 5.16 Å². The van der Waals surface area contributed by atoms with E-state index in [0.717, 1.165) is 12.2 Å².